The molecule has 0 unspecified atom stereocenters. The maximum Gasteiger partial charge on any atom is 0.394 e. The van der Waals surface area contributed by atoms with Gasteiger partial charge in [0.05, 0.1) is 17.4 Å². The van der Waals surface area contributed by atoms with Crippen molar-refractivity contribution in [2.24, 2.45) is 11.8 Å². The summed E-state index contributed by atoms with van der Waals surface area (Å²) in [5, 5.41) is 21.1. The van der Waals surface area contributed by atoms with E-state index in [0.717, 1.165) is 10.5 Å². The van der Waals surface area contributed by atoms with Crippen LogP contribution in [0.25, 0.3) is 0 Å². The molecule has 27 heavy (non-hydrogen) atoms. The Kier molecular flexibility index (Phi) is 5.97. The molecule has 1 aromatic rings. The average molecular weight is 388 g/mol. The van der Waals surface area contributed by atoms with E-state index in [-0.39, 0.29) is 24.3 Å². The zero-order chi connectivity index (χ0) is 20.4. The first-order chi connectivity index (χ1) is 12.5. The number of nitrogens with zero attached hydrogens (tertiary/aromatic N) is 1. The number of alkyl halides is 3. The Morgan fingerprint density at radius 3 is 2.44 bits per heavy atom. The molecule has 7 nitrogen and oxygen atoms in total. The van der Waals surface area contributed by atoms with E-state index in [2.05, 4.69) is 5.32 Å². The second kappa shape index (κ2) is 7.85. The number of rotatable bonds is 5. The largest absolute Gasteiger partial charge is 0.507 e. The van der Waals surface area contributed by atoms with Crippen molar-refractivity contribution in [3.05, 3.63) is 29.3 Å². The van der Waals surface area contributed by atoms with Gasteiger partial charge in [-0.15, -0.1) is 0 Å². The summed E-state index contributed by atoms with van der Waals surface area (Å²) >= 11 is 0. The minimum absolute atomic E-state index is 0.0114. The molecule has 148 valence electrons. The number of carboxylic acids is 1. The highest BCUT2D eigenvalue weighted by molar-refractivity contribution is 5.97. The number of aryl methyl sites for hydroxylation is 1. The van der Waals surface area contributed by atoms with Gasteiger partial charge in [0.15, 0.2) is 0 Å². The molecule has 2 atom stereocenters. The van der Waals surface area contributed by atoms with Crippen molar-refractivity contribution in [1.82, 2.24) is 10.2 Å². The monoisotopic (exact) mass is 388 g/mol. The number of hydrogen-bond donors (Lipinski definition) is 3. The van der Waals surface area contributed by atoms with Crippen molar-refractivity contribution in [3.8, 4) is 5.75 Å². The Labute approximate surface area is 152 Å². The van der Waals surface area contributed by atoms with Crippen molar-refractivity contribution in [2.45, 2.75) is 19.5 Å². The van der Waals surface area contributed by atoms with E-state index in [4.69, 9.17) is 5.11 Å². The van der Waals surface area contributed by atoms with Crippen molar-refractivity contribution in [1.29, 1.82) is 0 Å². The maximum atomic E-state index is 12.9. The van der Waals surface area contributed by atoms with Gasteiger partial charge in [-0.2, -0.15) is 13.2 Å². The van der Waals surface area contributed by atoms with E-state index in [1.807, 2.05) is 0 Å². The van der Waals surface area contributed by atoms with E-state index < -0.39 is 48.9 Å². The molecule has 2 rings (SSSR count). The summed E-state index contributed by atoms with van der Waals surface area (Å²) < 4.78 is 38.8. The van der Waals surface area contributed by atoms with Crippen molar-refractivity contribution >= 4 is 17.8 Å². The van der Waals surface area contributed by atoms with Crippen LogP contribution in [0.3, 0.4) is 0 Å². The molecule has 0 bridgehead atoms. The average Bonchev–Trinajstić information content (AvgIpc) is 3.00. The first-order valence-electron chi connectivity index (χ1n) is 8.15. The number of amides is 2. The normalized spacial score (nSPS) is 19.8. The number of carboxylic acid groups (broad SMARTS) is 1. The Morgan fingerprint density at radius 1 is 1.26 bits per heavy atom. The molecular formula is C17H19F3N2O5. The number of carbonyl (C=O) groups is 3. The third-order valence-electron chi connectivity index (χ3n) is 4.43. The van der Waals surface area contributed by atoms with E-state index in [1.165, 1.54) is 12.1 Å². The quantitative estimate of drug-likeness (QED) is 0.709. The van der Waals surface area contributed by atoms with E-state index in [0.29, 0.717) is 0 Å². The molecule has 2 amide bonds. The fraction of sp³-hybridized carbons (Fsp3) is 0.471. The van der Waals surface area contributed by atoms with Crippen molar-refractivity contribution < 1.29 is 37.8 Å². The number of halogens is 3. The predicted octanol–water partition coefficient (Wildman–Crippen LogP) is 1.54. The molecule has 0 spiro atoms. The maximum absolute atomic E-state index is 12.9. The fourth-order valence-corrected chi connectivity index (χ4v) is 2.96. The van der Waals surface area contributed by atoms with Gasteiger partial charge in [-0.25, -0.2) is 0 Å². The molecule has 0 saturated carbocycles. The van der Waals surface area contributed by atoms with Crippen LogP contribution in [0.2, 0.25) is 0 Å². The molecule has 1 aliphatic heterocycles. The van der Waals surface area contributed by atoms with Crippen LogP contribution in [-0.2, 0) is 9.59 Å². The van der Waals surface area contributed by atoms with Gasteiger partial charge >= 0.3 is 12.1 Å². The van der Waals surface area contributed by atoms with Crippen LogP contribution >= 0.6 is 0 Å². The summed E-state index contributed by atoms with van der Waals surface area (Å²) in [6, 6.07) is 4.43. The number of aliphatic carboxylic acids is 1. The third kappa shape index (κ3) is 4.89. The van der Waals surface area contributed by atoms with E-state index >= 15 is 0 Å². The molecule has 0 aromatic heterocycles. The summed E-state index contributed by atoms with van der Waals surface area (Å²) in [4.78, 5) is 35.9. The second-order valence-electron chi connectivity index (χ2n) is 6.42. The molecule has 1 aromatic carbocycles. The zero-order valence-corrected chi connectivity index (χ0v) is 14.4. The lowest BCUT2D eigenvalue weighted by molar-refractivity contribution is -0.188. The molecule has 1 saturated heterocycles. The summed E-state index contributed by atoms with van der Waals surface area (Å²) in [5.74, 6) is -6.95. The van der Waals surface area contributed by atoms with Gasteiger partial charge in [-0.3, -0.25) is 14.4 Å². The first-order valence-corrected chi connectivity index (χ1v) is 8.15. The number of carbonyl (C=O) groups excluding carboxylic acids is 2. The number of hydrogen-bond acceptors (Lipinski definition) is 4. The molecular weight excluding hydrogens is 369 g/mol. The van der Waals surface area contributed by atoms with Crippen LogP contribution in [0.15, 0.2) is 18.2 Å². The predicted molar refractivity (Wildman–Crippen MR) is 87.0 cm³/mol. The van der Waals surface area contributed by atoms with Crippen molar-refractivity contribution in [2.75, 3.05) is 19.6 Å². The highest BCUT2D eigenvalue weighted by atomic mass is 19.4. The van der Waals surface area contributed by atoms with E-state index in [9.17, 15) is 32.7 Å². The Bertz CT molecular complexity index is 751. The van der Waals surface area contributed by atoms with Crippen molar-refractivity contribution in [3.63, 3.8) is 0 Å². The Balaban J connectivity index is 1.90. The SMILES string of the molecule is Cc1ccc(C(=O)NCCC(=O)N2C[C@@H](C(F)(F)F)[C@H](C(=O)O)C2)c(O)c1. The number of nitrogens with one attached hydrogen (secondary N) is 1. The summed E-state index contributed by atoms with van der Waals surface area (Å²) in [7, 11) is 0. The first kappa shape index (κ1) is 20.5. The summed E-state index contributed by atoms with van der Waals surface area (Å²) in [5.41, 5.74) is 0.762. The topological polar surface area (TPSA) is 107 Å². The number of phenolic OH excluding ortho intramolecular Hbond substituents is 1. The number of phenols is 1. The zero-order valence-electron chi connectivity index (χ0n) is 14.4. The van der Waals surface area contributed by atoms with Crippen LogP contribution in [0.4, 0.5) is 13.2 Å². The Morgan fingerprint density at radius 2 is 1.93 bits per heavy atom. The van der Waals surface area contributed by atoms with Gasteiger partial charge in [0.1, 0.15) is 5.75 Å². The highest BCUT2D eigenvalue weighted by Gasteiger charge is 2.53. The second-order valence-corrected chi connectivity index (χ2v) is 6.42. The number of aromatic hydroxyl groups is 1. The van der Waals surface area contributed by atoms with Gasteiger partial charge < -0.3 is 20.4 Å². The highest BCUT2D eigenvalue weighted by Crippen LogP contribution is 2.37. The lowest BCUT2D eigenvalue weighted by Gasteiger charge is -2.18. The third-order valence-corrected chi connectivity index (χ3v) is 4.43. The molecule has 0 aliphatic carbocycles. The van der Waals surface area contributed by atoms with Gasteiger partial charge in [-0.05, 0) is 24.6 Å². The molecule has 1 heterocycles. The standard InChI is InChI=1S/C17H19F3N2O5/c1-9-2-3-10(13(23)6-9)15(25)21-5-4-14(24)22-7-11(16(26)27)12(8-22)17(18,19)20/h2-3,6,11-12,23H,4-5,7-8H2,1H3,(H,21,25)(H,26,27)/t11-,12-/m1/s1. The van der Waals surface area contributed by atoms with Gasteiger partial charge in [0.25, 0.3) is 5.91 Å². The molecule has 0 radical (unpaired) electrons. The van der Waals surface area contributed by atoms with Crippen LogP contribution in [0.5, 0.6) is 5.75 Å². The van der Waals surface area contributed by atoms with Gasteiger partial charge in [0, 0.05) is 26.1 Å². The molecule has 1 aliphatic rings. The van der Waals surface area contributed by atoms with Crippen LogP contribution < -0.4 is 5.32 Å². The lowest BCUT2D eigenvalue weighted by atomic mass is 9.96. The van der Waals surface area contributed by atoms with Crippen LogP contribution in [-0.4, -0.2) is 58.7 Å². The van der Waals surface area contributed by atoms with Crippen LogP contribution in [0.1, 0.15) is 22.3 Å². The minimum Gasteiger partial charge on any atom is -0.507 e. The molecule has 3 N–H and O–H groups in total. The fourth-order valence-electron chi connectivity index (χ4n) is 2.96. The number of likely N-dealkylation sites (tertiary alicyclic amines) is 1. The van der Waals surface area contributed by atoms with Crippen LogP contribution in [0, 0.1) is 18.8 Å². The Hall–Kier alpha value is -2.78. The molecule has 1 fully saturated rings. The minimum atomic E-state index is -4.71. The number of benzene rings is 1. The summed E-state index contributed by atoms with van der Waals surface area (Å²) in [6.45, 7) is 0.335. The van der Waals surface area contributed by atoms with E-state index in [1.54, 1.807) is 13.0 Å². The molecule has 10 heteroatoms. The lowest BCUT2D eigenvalue weighted by Crippen LogP contribution is -2.35. The summed E-state index contributed by atoms with van der Waals surface area (Å²) in [6.07, 6.45) is -5.00. The van der Waals surface area contributed by atoms with Gasteiger partial charge in [0.2, 0.25) is 5.91 Å². The van der Waals surface area contributed by atoms with Gasteiger partial charge in [-0.1, -0.05) is 6.07 Å². The smallest absolute Gasteiger partial charge is 0.394 e.